The van der Waals surface area contributed by atoms with Gasteiger partial charge in [0.05, 0.1) is 5.69 Å². The molecule has 0 saturated carbocycles. The van der Waals surface area contributed by atoms with E-state index in [4.69, 9.17) is 4.74 Å². The molecule has 144 valence electrons. The molecule has 3 heterocycles. The SMILES string of the molecule is Cc1cc(OC2CCN(C(=O)c3cccc(-n4cnnn4)c3)CC2)nc(C)n1. The molecule has 28 heavy (non-hydrogen) atoms. The molecule has 0 spiro atoms. The minimum Gasteiger partial charge on any atom is -0.474 e. The summed E-state index contributed by atoms with van der Waals surface area (Å²) in [7, 11) is 0. The van der Waals surface area contributed by atoms with Gasteiger partial charge in [-0.1, -0.05) is 6.07 Å². The van der Waals surface area contributed by atoms with Crippen molar-refractivity contribution in [2.24, 2.45) is 0 Å². The Labute approximate surface area is 162 Å². The third-order valence-electron chi connectivity index (χ3n) is 4.67. The smallest absolute Gasteiger partial charge is 0.253 e. The first-order valence-corrected chi connectivity index (χ1v) is 9.20. The summed E-state index contributed by atoms with van der Waals surface area (Å²) in [6.45, 7) is 5.06. The van der Waals surface area contributed by atoms with Crippen LogP contribution in [0.25, 0.3) is 5.69 Å². The summed E-state index contributed by atoms with van der Waals surface area (Å²) in [5, 5.41) is 11.1. The van der Waals surface area contributed by atoms with Crippen LogP contribution >= 0.6 is 0 Å². The minimum absolute atomic E-state index is 0.00194. The maximum Gasteiger partial charge on any atom is 0.253 e. The number of ether oxygens (including phenoxy) is 1. The standard InChI is InChI=1S/C19H21N7O2/c1-13-10-18(22-14(2)21-13)28-17-6-8-25(9-7-17)19(27)15-4-3-5-16(11-15)26-12-20-23-24-26/h3-5,10-12,17H,6-9H2,1-2H3. The third kappa shape index (κ3) is 3.98. The van der Waals surface area contributed by atoms with Crippen molar-refractivity contribution in [1.82, 2.24) is 35.1 Å². The molecule has 0 N–H and O–H groups in total. The molecule has 0 radical (unpaired) electrons. The van der Waals surface area contributed by atoms with Crippen molar-refractivity contribution in [2.75, 3.05) is 13.1 Å². The van der Waals surface area contributed by atoms with Gasteiger partial charge in [-0.15, -0.1) is 5.10 Å². The van der Waals surface area contributed by atoms with Crippen molar-refractivity contribution < 1.29 is 9.53 Å². The maximum absolute atomic E-state index is 12.9. The Morgan fingerprint density at radius 3 is 2.68 bits per heavy atom. The topological polar surface area (TPSA) is 98.9 Å². The predicted molar refractivity (Wildman–Crippen MR) is 100 cm³/mol. The Hall–Kier alpha value is -3.36. The number of hydrogen-bond donors (Lipinski definition) is 0. The maximum atomic E-state index is 12.9. The van der Waals surface area contributed by atoms with Gasteiger partial charge in [-0.3, -0.25) is 4.79 Å². The average molecular weight is 379 g/mol. The molecular formula is C19H21N7O2. The van der Waals surface area contributed by atoms with E-state index < -0.39 is 0 Å². The van der Waals surface area contributed by atoms with Crippen LogP contribution in [0.2, 0.25) is 0 Å². The Morgan fingerprint density at radius 1 is 1.14 bits per heavy atom. The van der Waals surface area contributed by atoms with Crippen molar-refractivity contribution in [3.63, 3.8) is 0 Å². The van der Waals surface area contributed by atoms with Crippen LogP contribution in [0.5, 0.6) is 5.88 Å². The van der Waals surface area contributed by atoms with Gasteiger partial charge in [-0.2, -0.15) is 4.98 Å². The van der Waals surface area contributed by atoms with Crippen LogP contribution in [-0.2, 0) is 0 Å². The molecule has 2 aromatic heterocycles. The lowest BCUT2D eigenvalue weighted by atomic mass is 10.1. The molecule has 0 atom stereocenters. The molecule has 1 fully saturated rings. The molecule has 9 heteroatoms. The Bertz CT molecular complexity index is 946. The molecule has 0 aliphatic carbocycles. The van der Waals surface area contributed by atoms with Gasteiger partial charge in [-0.25, -0.2) is 9.67 Å². The lowest BCUT2D eigenvalue weighted by Crippen LogP contribution is -2.41. The number of aryl methyl sites for hydroxylation is 2. The number of likely N-dealkylation sites (tertiary alicyclic amines) is 1. The van der Waals surface area contributed by atoms with Crippen LogP contribution < -0.4 is 4.74 Å². The van der Waals surface area contributed by atoms with Gasteiger partial charge < -0.3 is 9.64 Å². The monoisotopic (exact) mass is 379 g/mol. The fraction of sp³-hybridized carbons (Fsp3) is 0.368. The zero-order valence-corrected chi connectivity index (χ0v) is 15.8. The average Bonchev–Trinajstić information content (AvgIpc) is 3.22. The zero-order valence-electron chi connectivity index (χ0n) is 15.8. The summed E-state index contributed by atoms with van der Waals surface area (Å²) in [5.41, 5.74) is 2.26. The summed E-state index contributed by atoms with van der Waals surface area (Å²) >= 11 is 0. The largest absolute Gasteiger partial charge is 0.474 e. The Morgan fingerprint density at radius 2 is 1.96 bits per heavy atom. The first-order valence-electron chi connectivity index (χ1n) is 9.20. The quantitative estimate of drug-likeness (QED) is 0.681. The van der Waals surface area contributed by atoms with Crippen LogP contribution in [0.3, 0.4) is 0 Å². The number of nitrogens with zero attached hydrogens (tertiary/aromatic N) is 7. The molecule has 9 nitrogen and oxygen atoms in total. The van der Waals surface area contributed by atoms with E-state index in [-0.39, 0.29) is 12.0 Å². The highest BCUT2D eigenvalue weighted by Crippen LogP contribution is 2.20. The van der Waals surface area contributed by atoms with Crippen molar-refractivity contribution in [3.8, 4) is 11.6 Å². The summed E-state index contributed by atoms with van der Waals surface area (Å²) in [6, 6.07) is 9.15. The van der Waals surface area contributed by atoms with Gasteiger partial charge in [0.25, 0.3) is 5.91 Å². The second kappa shape index (κ2) is 7.71. The number of piperidine rings is 1. The molecule has 1 aromatic carbocycles. The van der Waals surface area contributed by atoms with Crippen molar-refractivity contribution in [1.29, 1.82) is 0 Å². The second-order valence-electron chi connectivity index (χ2n) is 6.81. The summed E-state index contributed by atoms with van der Waals surface area (Å²) in [4.78, 5) is 23.3. The molecular weight excluding hydrogens is 358 g/mol. The van der Waals surface area contributed by atoms with Gasteiger partial charge in [-0.05, 0) is 42.5 Å². The van der Waals surface area contributed by atoms with E-state index in [0.717, 1.165) is 24.2 Å². The van der Waals surface area contributed by atoms with Crippen LogP contribution in [0, 0.1) is 13.8 Å². The normalized spacial score (nSPS) is 14.9. The third-order valence-corrected chi connectivity index (χ3v) is 4.67. The summed E-state index contributed by atoms with van der Waals surface area (Å²) in [6.07, 6.45) is 3.08. The Kier molecular flexibility index (Phi) is 4.96. The van der Waals surface area contributed by atoms with Crippen LogP contribution in [0.4, 0.5) is 0 Å². The predicted octanol–water partition coefficient (Wildman–Crippen LogP) is 1.75. The molecule has 1 aliphatic rings. The Balaban J connectivity index is 1.38. The number of carbonyl (C=O) groups is 1. The van der Waals surface area contributed by atoms with E-state index in [2.05, 4.69) is 25.5 Å². The van der Waals surface area contributed by atoms with E-state index >= 15 is 0 Å². The highest BCUT2D eigenvalue weighted by atomic mass is 16.5. The molecule has 1 aliphatic heterocycles. The van der Waals surface area contributed by atoms with E-state index in [1.165, 1.54) is 11.0 Å². The molecule has 1 saturated heterocycles. The van der Waals surface area contributed by atoms with E-state index in [1.54, 1.807) is 6.07 Å². The number of carbonyl (C=O) groups excluding carboxylic acids is 1. The number of tetrazole rings is 1. The van der Waals surface area contributed by atoms with Crippen LogP contribution in [-0.4, -0.2) is 60.2 Å². The second-order valence-corrected chi connectivity index (χ2v) is 6.81. The van der Waals surface area contributed by atoms with E-state index in [0.29, 0.717) is 30.4 Å². The van der Waals surface area contributed by atoms with Crippen LogP contribution in [0.15, 0.2) is 36.7 Å². The van der Waals surface area contributed by atoms with Gasteiger partial charge in [0.2, 0.25) is 5.88 Å². The number of aromatic nitrogens is 6. The van der Waals surface area contributed by atoms with Gasteiger partial charge in [0, 0.05) is 43.3 Å². The van der Waals surface area contributed by atoms with E-state index in [1.807, 2.05) is 43.0 Å². The number of rotatable bonds is 4. The van der Waals surface area contributed by atoms with Crippen molar-refractivity contribution >= 4 is 5.91 Å². The molecule has 0 bridgehead atoms. The number of amides is 1. The molecule has 3 aromatic rings. The van der Waals surface area contributed by atoms with Crippen molar-refractivity contribution in [3.05, 3.63) is 53.7 Å². The zero-order chi connectivity index (χ0) is 19.5. The minimum atomic E-state index is 0.00194. The fourth-order valence-corrected chi connectivity index (χ4v) is 3.33. The highest BCUT2D eigenvalue weighted by molar-refractivity contribution is 5.94. The van der Waals surface area contributed by atoms with Crippen LogP contribution in [0.1, 0.15) is 34.7 Å². The van der Waals surface area contributed by atoms with Gasteiger partial charge in [0.1, 0.15) is 18.3 Å². The number of hydrogen-bond acceptors (Lipinski definition) is 7. The lowest BCUT2D eigenvalue weighted by Gasteiger charge is -2.32. The molecule has 1 amide bonds. The number of benzene rings is 1. The molecule has 4 rings (SSSR count). The lowest BCUT2D eigenvalue weighted by molar-refractivity contribution is 0.0587. The van der Waals surface area contributed by atoms with E-state index in [9.17, 15) is 4.79 Å². The van der Waals surface area contributed by atoms with Gasteiger partial charge >= 0.3 is 0 Å². The summed E-state index contributed by atoms with van der Waals surface area (Å²) in [5.74, 6) is 1.30. The van der Waals surface area contributed by atoms with Gasteiger partial charge in [0.15, 0.2) is 0 Å². The first-order chi connectivity index (χ1) is 13.6. The first kappa shape index (κ1) is 18.0. The highest BCUT2D eigenvalue weighted by Gasteiger charge is 2.25. The summed E-state index contributed by atoms with van der Waals surface area (Å²) < 4.78 is 7.53. The molecule has 0 unspecified atom stereocenters. The fourth-order valence-electron chi connectivity index (χ4n) is 3.33. The van der Waals surface area contributed by atoms with Crippen molar-refractivity contribution in [2.45, 2.75) is 32.8 Å².